The minimum absolute atomic E-state index is 0.115. The fourth-order valence-electron chi connectivity index (χ4n) is 3.30. The average molecular weight is 293 g/mol. The lowest BCUT2D eigenvalue weighted by Gasteiger charge is -2.34. The first-order valence-electron chi connectivity index (χ1n) is 7.36. The van der Waals surface area contributed by atoms with Gasteiger partial charge in [-0.05, 0) is 33.1 Å². The summed E-state index contributed by atoms with van der Waals surface area (Å²) in [6, 6.07) is 0. The third-order valence-electron chi connectivity index (χ3n) is 4.76. The first-order valence-corrected chi connectivity index (χ1v) is 7.36. The second-order valence-corrected chi connectivity index (χ2v) is 5.79. The Hall–Kier alpha value is -1.85. The lowest BCUT2D eigenvalue weighted by atomic mass is 9.92. The molecule has 1 aromatic heterocycles. The van der Waals surface area contributed by atoms with Crippen molar-refractivity contribution in [2.24, 2.45) is 7.05 Å². The highest BCUT2D eigenvalue weighted by Gasteiger charge is 2.48. The third kappa shape index (κ3) is 2.43. The lowest BCUT2D eigenvalue weighted by Crippen LogP contribution is -2.53. The Labute approximate surface area is 124 Å². The van der Waals surface area contributed by atoms with Crippen molar-refractivity contribution < 1.29 is 14.7 Å². The van der Waals surface area contributed by atoms with Crippen LogP contribution in [0.4, 0.5) is 0 Å². The van der Waals surface area contributed by atoms with Crippen molar-refractivity contribution in [2.75, 3.05) is 6.54 Å². The number of hydrogen-bond acceptors (Lipinski definition) is 3. The van der Waals surface area contributed by atoms with E-state index in [1.807, 2.05) is 27.8 Å². The highest BCUT2D eigenvalue weighted by atomic mass is 16.4. The molecule has 1 amide bonds. The van der Waals surface area contributed by atoms with Crippen molar-refractivity contribution in [3.8, 4) is 0 Å². The zero-order valence-corrected chi connectivity index (χ0v) is 13.1. The molecular weight excluding hydrogens is 270 g/mol. The number of carbonyl (C=O) groups excluding carboxylic acids is 1. The van der Waals surface area contributed by atoms with Crippen LogP contribution in [0.2, 0.25) is 0 Å². The lowest BCUT2D eigenvalue weighted by molar-refractivity contribution is -0.156. The molecule has 0 spiro atoms. The molecule has 116 valence electrons. The second-order valence-electron chi connectivity index (χ2n) is 5.79. The van der Waals surface area contributed by atoms with Gasteiger partial charge >= 0.3 is 5.97 Å². The number of amides is 1. The Morgan fingerprint density at radius 1 is 1.38 bits per heavy atom. The zero-order valence-electron chi connectivity index (χ0n) is 13.1. The summed E-state index contributed by atoms with van der Waals surface area (Å²) in [5.74, 6) is -1.01. The van der Waals surface area contributed by atoms with Gasteiger partial charge in [0, 0.05) is 24.8 Å². The first-order chi connectivity index (χ1) is 9.83. The number of rotatable bonds is 4. The minimum atomic E-state index is -1.03. The van der Waals surface area contributed by atoms with Gasteiger partial charge in [0.05, 0.1) is 12.1 Å². The quantitative estimate of drug-likeness (QED) is 0.911. The zero-order chi connectivity index (χ0) is 15.8. The highest BCUT2D eigenvalue weighted by molar-refractivity contribution is 5.89. The highest BCUT2D eigenvalue weighted by Crippen LogP contribution is 2.33. The van der Waals surface area contributed by atoms with Gasteiger partial charge in [0.15, 0.2) is 0 Å². The van der Waals surface area contributed by atoms with Gasteiger partial charge in [-0.25, -0.2) is 4.79 Å². The molecule has 1 saturated heterocycles. The van der Waals surface area contributed by atoms with Crippen molar-refractivity contribution in [3.63, 3.8) is 0 Å². The van der Waals surface area contributed by atoms with E-state index in [1.165, 1.54) is 0 Å². The molecule has 0 aromatic carbocycles. The van der Waals surface area contributed by atoms with E-state index in [-0.39, 0.29) is 12.3 Å². The molecule has 0 radical (unpaired) electrons. The van der Waals surface area contributed by atoms with E-state index in [4.69, 9.17) is 0 Å². The number of nitrogens with zero attached hydrogens (tertiary/aromatic N) is 3. The molecule has 1 fully saturated rings. The fraction of sp³-hybridized carbons (Fsp3) is 0.667. The molecule has 6 heteroatoms. The Kier molecular flexibility index (Phi) is 4.07. The topological polar surface area (TPSA) is 75.4 Å². The standard InChI is InChI=1S/C15H23N3O3/c1-5-15(14(20)21)7-6-8-18(15)13(19)9-12-10(2)16-17(4)11(12)3/h5-9H2,1-4H3,(H,20,21). The van der Waals surface area contributed by atoms with Gasteiger partial charge in [-0.2, -0.15) is 5.10 Å². The molecule has 2 heterocycles. The minimum Gasteiger partial charge on any atom is -0.479 e. The summed E-state index contributed by atoms with van der Waals surface area (Å²) >= 11 is 0. The molecule has 1 aliphatic rings. The predicted molar refractivity (Wildman–Crippen MR) is 78.0 cm³/mol. The number of aryl methyl sites for hydroxylation is 2. The molecule has 1 aliphatic heterocycles. The summed E-state index contributed by atoms with van der Waals surface area (Å²) in [6.45, 7) is 6.17. The van der Waals surface area contributed by atoms with Crippen LogP contribution in [0.5, 0.6) is 0 Å². The number of carbonyl (C=O) groups is 2. The Morgan fingerprint density at radius 3 is 2.52 bits per heavy atom. The number of likely N-dealkylation sites (tertiary alicyclic amines) is 1. The summed E-state index contributed by atoms with van der Waals surface area (Å²) in [5, 5.41) is 13.9. The van der Waals surface area contributed by atoms with Gasteiger partial charge < -0.3 is 10.0 Å². The number of carboxylic acid groups (broad SMARTS) is 1. The van der Waals surface area contributed by atoms with Crippen LogP contribution in [0.3, 0.4) is 0 Å². The van der Waals surface area contributed by atoms with Crippen molar-refractivity contribution in [3.05, 3.63) is 17.0 Å². The van der Waals surface area contributed by atoms with E-state index in [9.17, 15) is 14.7 Å². The summed E-state index contributed by atoms with van der Waals surface area (Å²) in [4.78, 5) is 25.8. The molecule has 1 atom stereocenters. The number of aliphatic carboxylic acids is 1. The van der Waals surface area contributed by atoms with Crippen LogP contribution in [0.25, 0.3) is 0 Å². The predicted octanol–water partition coefficient (Wildman–Crippen LogP) is 1.44. The summed E-state index contributed by atoms with van der Waals surface area (Å²) in [6.07, 6.45) is 1.95. The Balaban J connectivity index is 2.26. The van der Waals surface area contributed by atoms with Crippen LogP contribution < -0.4 is 0 Å². The Morgan fingerprint density at radius 2 is 2.05 bits per heavy atom. The van der Waals surface area contributed by atoms with E-state index < -0.39 is 11.5 Å². The van der Waals surface area contributed by atoms with E-state index in [1.54, 1.807) is 9.58 Å². The average Bonchev–Trinajstić information content (AvgIpc) is 2.96. The summed E-state index contributed by atoms with van der Waals surface area (Å²) in [5.41, 5.74) is 1.67. The van der Waals surface area contributed by atoms with Crippen LogP contribution >= 0.6 is 0 Å². The van der Waals surface area contributed by atoms with Gasteiger partial charge in [-0.1, -0.05) is 6.92 Å². The maximum Gasteiger partial charge on any atom is 0.329 e. The number of aromatic nitrogens is 2. The second kappa shape index (κ2) is 5.50. The van der Waals surface area contributed by atoms with Crippen LogP contribution in [0, 0.1) is 13.8 Å². The maximum absolute atomic E-state index is 12.6. The van der Waals surface area contributed by atoms with E-state index >= 15 is 0 Å². The molecule has 2 rings (SSSR count). The van der Waals surface area contributed by atoms with Gasteiger partial charge in [-0.15, -0.1) is 0 Å². The van der Waals surface area contributed by atoms with Crippen LogP contribution in [-0.2, 0) is 23.1 Å². The van der Waals surface area contributed by atoms with Crippen molar-refractivity contribution >= 4 is 11.9 Å². The van der Waals surface area contributed by atoms with Gasteiger partial charge in [0.2, 0.25) is 5.91 Å². The molecule has 6 nitrogen and oxygen atoms in total. The maximum atomic E-state index is 12.6. The molecule has 0 bridgehead atoms. The first kappa shape index (κ1) is 15.5. The Bertz CT molecular complexity index is 579. The summed E-state index contributed by atoms with van der Waals surface area (Å²) in [7, 11) is 1.85. The monoisotopic (exact) mass is 293 g/mol. The molecule has 0 aliphatic carbocycles. The van der Waals surface area contributed by atoms with Crippen molar-refractivity contribution in [1.29, 1.82) is 0 Å². The van der Waals surface area contributed by atoms with Crippen LogP contribution in [0.1, 0.15) is 43.1 Å². The molecule has 0 saturated carbocycles. The molecule has 1 aromatic rings. The van der Waals surface area contributed by atoms with Gasteiger partial charge in [0.1, 0.15) is 5.54 Å². The normalized spacial score (nSPS) is 21.8. The fourth-order valence-corrected chi connectivity index (χ4v) is 3.30. The van der Waals surface area contributed by atoms with E-state index in [2.05, 4.69) is 5.10 Å². The molecule has 21 heavy (non-hydrogen) atoms. The van der Waals surface area contributed by atoms with E-state index in [0.717, 1.165) is 23.4 Å². The number of hydrogen-bond donors (Lipinski definition) is 1. The van der Waals surface area contributed by atoms with Crippen molar-refractivity contribution in [1.82, 2.24) is 14.7 Å². The molecule has 1 N–H and O–H groups in total. The van der Waals surface area contributed by atoms with Crippen LogP contribution in [-0.4, -0.2) is 43.7 Å². The smallest absolute Gasteiger partial charge is 0.329 e. The molecule has 1 unspecified atom stereocenters. The van der Waals surface area contributed by atoms with Gasteiger partial charge in [-0.3, -0.25) is 9.48 Å². The van der Waals surface area contributed by atoms with Gasteiger partial charge in [0.25, 0.3) is 0 Å². The third-order valence-corrected chi connectivity index (χ3v) is 4.76. The van der Waals surface area contributed by atoms with E-state index in [0.29, 0.717) is 19.4 Å². The SMILES string of the molecule is CCC1(C(=O)O)CCCN1C(=O)Cc1c(C)nn(C)c1C. The van der Waals surface area contributed by atoms with Crippen molar-refractivity contribution in [2.45, 2.75) is 52.0 Å². The van der Waals surface area contributed by atoms with Crippen LogP contribution in [0.15, 0.2) is 0 Å². The largest absolute Gasteiger partial charge is 0.479 e. The number of carboxylic acids is 1. The summed E-state index contributed by atoms with van der Waals surface area (Å²) < 4.78 is 1.76. The molecular formula is C15H23N3O3.